The fourth-order valence-electron chi connectivity index (χ4n) is 2.76. The molecule has 72 valence electrons. The second-order valence-electron chi connectivity index (χ2n) is 4.70. The molecule has 1 heteroatoms. The fourth-order valence-corrected chi connectivity index (χ4v) is 2.76. The zero-order chi connectivity index (χ0) is 9.60. The van der Waals surface area contributed by atoms with Crippen LogP contribution in [0.2, 0.25) is 0 Å². The molecule has 3 rings (SSSR count). The van der Waals surface area contributed by atoms with Crippen LogP contribution in [-0.2, 0) is 6.42 Å². The van der Waals surface area contributed by atoms with Gasteiger partial charge in [0.1, 0.15) is 0 Å². The zero-order valence-electron chi connectivity index (χ0n) is 8.59. The molecule has 1 nitrogen and oxygen atoms in total. The van der Waals surface area contributed by atoms with Gasteiger partial charge in [-0.15, -0.1) is 0 Å². The zero-order valence-corrected chi connectivity index (χ0v) is 8.59. The number of hydrogen-bond acceptors (Lipinski definition) is 1. The summed E-state index contributed by atoms with van der Waals surface area (Å²) in [5, 5.41) is 0. The van der Waals surface area contributed by atoms with Gasteiger partial charge in [-0.1, -0.05) is 31.2 Å². The molecule has 0 N–H and O–H groups in total. The Morgan fingerprint density at radius 1 is 1.21 bits per heavy atom. The summed E-state index contributed by atoms with van der Waals surface area (Å²) in [6.45, 7) is 3.40. The standard InChI is InChI=1S/C13H15N/c1-13-7-6-10-4-2-3-5-11(10)12(13)14-9-8-13/h2-5H,6-9H2,1H3. The van der Waals surface area contributed by atoms with Gasteiger partial charge in [0, 0.05) is 17.7 Å². The number of hydrogen-bond donors (Lipinski definition) is 0. The van der Waals surface area contributed by atoms with Crippen LogP contribution in [0.1, 0.15) is 30.9 Å². The summed E-state index contributed by atoms with van der Waals surface area (Å²) in [5.74, 6) is 0. The summed E-state index contributed by atoms with van der Waals surface area (Å²) >= 11 is 0. The van der Waals surface area contributed by atoms with Crippen molar-refractivity contribution in [3.63, 3.8) is 0 Å². The molecule has 0 fully saturated rings. The molecule has 14 heavy (non-hydrogen) atoms. The largest absolute Gasteiger partial charge is 0.289 e. The highest BCUT2D eigenvalue weighted by Gasteiger charge is 2.38. The van der Waals surface area contributed by atoms with Crippen molar-refractivity contribution in [2.24, 2.45) is 10.4 Å². The van der Waals surface area contributed by atoms with Crippen LogP contribution in [-0.4, -0.2) is 12.3 Å². The second-order valence-corrected chi connectivity index (χ2v) is 4.70. The number of nitrogens with zero attached hydrogens (tertiary/aromatic N) is 1. The first-order valence-electron chi connectivity index (χ1n) is 5.43. The Balaban J connectivity index is 2.18. The molecule has 1 atom stereocenters. The first-order chi connectivity index (χ1) is 6.80. The lowest BCUT2D eigenvalue weighted by Crippen LogP contribution is -2.30. The molecule has 1 aromatic carbocycles. The summed E-state index contributed by atoms with van der Waals surface area (Å²) in [4.78, 5) is 4.69. The van der Waals surface area contributed by atoms with E-state index in [9.17, 15) is 0 Å². The maximum Gasteiger partial charge on any atom is 0.0483 e. The van der Waals surface area contributed by atoms with E-state index in [1.54, 1.807) is 0 Å². The van der Waals surface area contributed by atoms with Gasteiger partial charge < -0.3 is 0 Å². The number of aryl methyl sites for hydroxylation is 1. The van der Waals surface area contributed by atoms with Crippen molar-refractivity contribution >= 4 is 5.71 Å². The lowest BCUT2D eigenvalue weighted by molar-refractivity contribution is 0.418. The Labute approximate surface area is 84.9 Å². The van der Waals surface area contributed by atoms with E-state index in [4.69, 9.17) is 0 Å². The van der Waals surface area contributed by atoms with E-state index in [0.29, 0.717) is 5.41 Å². The van der Waals surface area contributed by atoms with Crippen molar-refractivity contribution in [2.75, 3.05) is 6.54 Å². The molecule has 1 unspecified atom stereocenters. The monoisotopic (exact) mass is 185 g/mol. The number of aliphatic imine (C=N–C) groups is 1. The quantitative estimate of drug-likeness (QED) is 0.589. The van der Waals surface area contributed by atoms with E-state index < -0.39 is 0 Å². The number of fused-ring (bicyclic) bond motifs is 3. The van der Waals surface area contributed by atoms with Crippen LogP contribution in [0.4, 0.5) is 0 Å². The van der Waals surface area contributed by atoms with Crippen LogP contribution in [0.25, 0.3) is 0 Å². The molecule has 1 aliphatic heterocycles. The summed E-state index contributed by atoms with van der Waals surface area (Å²) in [6, 6.07) is 8.75. The Kier molecular flexibility index (Phi) is 1.58. The molecule has 0 aromatic heterocycles. The summed E-state index contributed by atoms with van der Waals surface area (Å²) < 4.78 is 0. The molecule has 1 aliphatic carbocycles. The highest BCUT2D eigenvalue weighted by Crippen LogP contribution is 2.41. The van der Waals surface area contributed by atoms with Crippen LogP contribution in [0.3, 0.4) is 0 Å². The summed E-state index contributed by atoms with van der Waals surface area (Å²) in [6.07, 6.45) is 3.76. The van der Waals surface area contributed by atoms with Gasteiger partial charge >= 0.3 is 0 Å². The van der Waals surface area contributed by atoms with Gasteiger partial charge in [-0.2, -0.15) is 0 Å². The third-order valence-corrected chi connectivity index (χ3v) is 3.72. The van der Waals surface area contributed by atoms with E-state index in [1.165, 1.54) is 36.1 Å². The van der Waals surface area contributed by atoms with E-state index in [-0.39, 0.29) is 0 Å². The van der Waals surface area contributed by atoms with Gasteiger partial charge in [-0.05, 0) is 30.4 Å². The van der Waals surface area contributed by atoms with Crippen LogP contribution < -0.4 is 0 Å². The minimum Gasteiger partial charge on any atom is -0.289 e. The maximum atomic E-state index is 4.69. The lowest BCUT2D eigenvalue weighted by Gasteiger charge is -2.32. The predicted octanol–water partition coefficient (Wildman–Crippen LogP) is 2.83. The van der Waals surface area contributed by atoms with Crippen LogP contribution in [0, 0.1) is 5.41 Å². The molecule has 0 spiro atoms. The van der Waals surface area contributed by atoms with E-state index in [0.717, 1.165) is 6.54 Å². The first-order valence-corrected chi connectivity index (χ1v) is 5.43. The molecule has 0 radical (unpaired) electrons. The third kappa shape index (κ3) is 0.985. The number of rotatable bonds is 0. The Hall–Kier alpha value is -1.11. The van der Waals surface area contributed by atoms with Crippen LogP contribution in [0.15, 0.2) is 29.3 Å². The molecular formula is C13H15N. The Morgan fingerprint density at radius 3 is 3.00 bits per heavy atom. The minimum atomic E-state index is 0.383. The van der Waals surface area contributed by atoms with Gasteiger partial charge in [0.2, 0.25) is 0 Å². The van der Waals surface area contributed by atoms with E-state index >= 15 is 0 Å². The molecule has 0 bridgehead atoms. The van der Waals surface area contributed by atoms with Crippen LogP contribution >= 0.6 is 0 Å². The highest BCUT2D eigenvalue weighted by molar-refractivity contribution is 6.07. The lowest BCUT2D eigenvalue weighted by atomic mass is 9.71. The van der Waals surface area contributed by atoms with Crippen molar-refractivity contribution in [2.45, 2.75) is 26.2 Å². The van der Waals surface area contributed by atoms with E-state index in [1.807, 2.05) is 0 Å². The van der Waals surface area contributed by atoms with Crippen molar-refractivity contribution < 1.29 is 0 Å². The fraction of sp³-hybridized carbons (Fsp3) is 0.462. The van der Waals surface area contributed by atoms with Crippen molar-refractivity contribution in [3.05, 3.63) is 35.4 Å². The molecular weight excluding hydrogens is 170 g/mol. The smallest absolute Gasteiger partial charge is 0.0483 e. The SMILES string of the molecule is CC12CCN=C1c1ccccc1CC2. The molecule has 0 saturated heterocycles. The average molecular weight is 185 g/mol. The maximum absolute atomic E-state index is 4.69. The van der Waals surface area contributed by atoms with Gasteiger partial charge in [0.15, 0.2) is 0 Å². The molecule has 0 amide bonds. The summed E-state index contributed by atoms with van der Waals surface area (Å²) in [5.41, 5.74) is 4.66. The second kappa shape index (κ2) is 2.69. The highest BCUT2D eigenvalue weighted by atomic mass is 14.8. The van der Waals surface area contributed by atoms with Crippen molar-refractivity contribution in [1.82, 2.24) is 0 Å². The normalized spacial score (nSPS) is 29.4. The Bertz CT molecular complexity index is 405. The van der Waals surface area contributed by atoms with Crippen molar-refractivity contribution in [1.29, 1.82) is 0 Å². The van der Waals surface area contributed by atoms with Gasteiger partial charge in [-0.25, -0.2) is 0 Å². The van der Waals surface area contributed by atoms with Gasteiger partial charge in [0.05, 0.1) is 0 Å². The molecule has 1 aromatic rings. The Morgan fingerprint density at radius 2 is 2.07 bits per heavy atom. The summed E-state index contributed by atoms with van der Waals surface area (Å²) in [7, 11) is 0. The third-order valence-electron chi connectivity index (χ3n) is 3.72. The first kappa shape index (κ1) is 8.22. The molecule has 2 aliphatic rings. The van der Waals surface area contributed by atoms with E-state index in [2.05, 4.69) is 36.2 Å². The minimum absolute atomic E-state index is 0.383. The average Bonchev–Trinajstić information content (AvgIpc) is 2.60. The number of benzene rings is 1. The van der Waals surface area contributed by atoms with Gasteiger partial charge in [-0.3, -0.25) is 4.99 Å². The van der Waals surface area contributed by atoms with Crippen molar-refractivity contribution in [3.8, 4) is 0 Å². The molecule has 0 saturated carbocycles. The van der Waals surface area contributed by atoms with Crippen LogP contribution in [0.5, 0.6) is 0 Å². The van der Waals surface area contributed by atoms with Gasteiger partial charge in [0.25, 0.3) is 0 Å². The predicted molar refractivity (Wildman–Crippen MR) is 58.9 cm³/mol. The molecule has 1 heterocycles. The topological polar surface area (TPSA) is 12.4 Å².